The summed E-state index contributed by atoms with van der Waals surface area (Å²) in [6.07, 6.45) is 5.79. The zero-order valence-corrected chi connectivity index (χ0v) is 13.3. The summed E-state index contributed by atoms with van der Waals surface area (Å²) in [6, 6.07) is 10.1. The van der Waals surface area contributed by atoms with Crippen LogP contribution < -0.4 is 5.32 Å². The van der Waals surface area contributed by atoms with Gasteiger partial charge in [-0.15, -0.1) is 0 Å². The van der Waals surface area contributed by atoms with Gasteiger partial charge >= 0.3 is 0 Å². The second-order valence-electron chi connectivity index (χ2n) is 6.07. The van der Waals surface area contributed by atoms with Crippen LogP contribution in [-0.2, 0) is 6.54 Å². The van der Waals surface area contributed by atoms with E-state index in [1.165, 1.54) is 32.4 Å². The van der Waals surface area contributed by atoms with Gasteiger partial charge in [-0.25, -0.2) is 0 Å². The van der Waals surface area contributed by atoms with Crippen molar-refractivity contribution in [3.05, 3.63) is 42.2 Å². The van der Waals surface area contributed by atoms with E-state index in [2.05, 4.69) is 20.4 Å². The molecule has 3 rings (SSSR count). The molecule has 0 bridgehead atoms. The highest BCUT2D eigenvalue weighted by Crippen LogP contribution is 2.21. The first kappa shape index (κ1) is 15.2. The van der Waals surface area contributed by atoms with E-state index >= 15 is 0 Å². The summed E-state index contributed by atoms with van der Waals surface area (Å²) in [6.45, 7) is 4.39. The summed E-state index contributed by atoms with van der Waals surface area (Å²) < 4.78 is 0. The summed E-state index contributed by atoms with van der Waals surface area (Å²) in [5.74, 6) is 0.878. The Balaban J connectivity index is 1.51. The van der Waals surface area contributed by atoms with E-state index in [9.17, 15) is 0 Å². The fourth-order valence-corrected chi connectivity index (χ4v) is 3.06. The van der Waals surface area contributed by atoms with Crippen molar-refractivity contribution >= 4 is 0 Å². The van der Waals surface area contributed by atoms with E-state index < -0.39 is 0 Å². The maximum absolute atomic E-state index is 4.60. The van der Waals surface area contributed by atoms with Gasteiger partial charge < -0.3 is 5.32 Å². The number of piperidine rings is 1. The minimum atomic E-state index is 0.878. The van der Waals surface area contributed by atoms with E-state index in [4.69, 9.17) is 0 Å². The van der Waals surface area contributed by atoms with Crippen LogP contribution in [0.5, 0.6) is 0 Å². The van der Waals surface area contributed by atoms with Crippen molar-refractivity contribution < 1.29 is 0 Å². The zero-order valence-electron chi connectivity index (χ0n) is 13.3. The third-order valence-corrected chi connectivity index (χ3v) is 4.42. The molecule has 0 amide bonds. The first-order valence-corrected chi connectivity index (χ1v) is 8.19. The molecule has 118 valence electrons. The molecule has 1 fully saturated rings. The Labute approximate surface area is 132 Å². The first-order chi connectivity index (χ1) is 10.8. The first-order valence-electron chi connectivity index (χ1n) is 8.19. The third kappa shape index (κ3) is 3.93. The number of rotatable bonds is 6. The van der Waals surface area contributed by atoms with Crippen molar-refractivity contribution in [2.24, 2.45) is 5.92 Å². The summed E-state index contributed by atoms with van der Waals surface area (Å²) in [7, 11) is 2.03. The molecule has 5 heteroatoms. The highest BCUT2D eigenvalue weighted by Gasteiger charge is 2.19. The van der Waals surface area contributed by atoms with E-state index in [1.54, 1.807) is 4.80 Å². The molecule has 2 heterocycles. The van der Waals surface area contributed by atoms with Crippen LogP contribution in [0.3, 0.4) is 0 Å². The monoisotopic (exact) mass is 299 g/mol. The van der Waals surface area contributed by atoms with Crippen LogP contribution in [0.15, 0.2) is 36.5 Å². The molecule has 0 unspecified atom stereocenters. The molecule has 1 aromatic carbocycles. The molecule has 1 saturated heterocycles. The molecular formula is C17H25N5. The molecule has 5 nitrogen and oxygen atoms in total. The largest absolute Gasteiger partial charge is 0.320 e. The van der Waals surface area contributed by atoms with Crippen LogP contribution in [-0.4, -0.2) is 46.6 Å². The second-order valence-corrected chi connectivity index (χ2v) is 6.07. The van der Waals surface area contributed by atoms with Gasteiger partial charge in [-0.1, -0.05) is 18.2 Å². The highest BCUT2D eigenvalue weighted by atomic mass is 15.5. The summed E-state index contributed by atoms with van der Waals surface area (Å²) in [5.41, 5.74) is 2.07. The molecule has 0 aliphatic carbocycles. The fraction of sp³-hybridized carbons (Fsp3) is 0.529. The third-order valence-electron chi connectivity index (χ3n) is 4.42. The Morgan fingerprint density at radius 2 is 1.95 bits per heavy atom. The number of hydrogen-bond donors (Lipinski definition) is 1. The van der Waals surface area contributed by atoms with E-state index in [0.29, 0.717) is 0 Å². The van der Waals surface area contributed by atoms with Crippen LogP contribution in [0.2, 0.25) is 0 Å². The van der Waals surface area contributed by atoms with Crippen molar-refractivity contribution in [3.8, 4) is 5.69 Å². The maximum Gasteiger partial charge on any atom is 0.0971 e. The van der Waals surface area contributed by atoms with Crippen LogP contribution >= 0.6 is 0 Å². The van der Waals surface area contributed by atoms with Gasteiger partial charge in [0, 0.05) is 6.54 Å². The van der Waals surface area contributed by atoms with Crippen LogP contribution in [0.1, 0.15) is 25.0 Å². The molecular weight excluding hydrogens is 274 g/mol. The number of benzene rings is 1. The zero-order chi connectivity index (χ0) is 15.2. The standard InChI is InChI=1S/C17H25N5/c1-18-10-7-15-8-11-21(12-9-15)14-16-13-19-22(20-16)17-5-3-2-4-6-17/h2-6,13,15,18H,7-12,14H2,1H3. The van der Waals surface area contributed by atoms with Gasteiger partial charge in [-0.2, -0.15) is 15.0 Å². The molecule has 22 heavy (non-hydrogen) atoms. The molecule has 0 spiro atoms. The predicted octanol–water partition coefficient (Wildman–Crippen LogP) is 2.09. The van der Waals surface area contributed by atoms with E-state index in [-0.39, 0.29) is 0 Å². The topological polar surface area (TPSA) is 46.0 Å². The molecule has 1 aliphatic rings. The van der Waals surface area contributed by atoms with Gasteiger partial charge in [0.05, 0.1) is 17.6 Å². The van der Waals surface area contributed by atoms with Crippen molar-refractivity contribution in [2.75, 3.05) is 26.7 Å². The highest BCUT2D eigenvalue weighted by molar-refractivity contribution is 5.28. The average Bonchev–Trinajstić information content (AvgIpc) is 3.04. The van der Waals surface area contributed by atoms with Crippen LogP contribution in [0.25, 0.3) is 5.69 Å². The smallest absolute Gasteiger partial charge is 0.0971 e. The molecule has 0 radical (unpaired) electrons. The number of hydrogen-bond acceptors (Lipinski definition) is 4. The Morgan fingerprint density at radius 3 is 2.68 bits per heavy atom. The summed E-state index contributed by atoms with van der Waals surface area (Å²) in [5, 5.41) is 12.2. The fourth-order valence-electron chi connectivity index (χ4n) is 3.06. The Bertz CT molecular complexity index is 557. The van der Waals surface area contributed by atoms with Gasteiger partial charge in [0.25, 0.3) is 0 Å². The van der Waals surface area contributed by atoms with Gasteiger partial charge in [0.1, 0.15) is 0 Å². The lowest BCUT2D eigenvalue weighted by atomic mass is 9.93. The maximum atomic E-state index is 4.60. The quantitative estimate of drug-likeness (QED) is 0.887. The van der Waals surface area contributed by atoms with Gasteiger partial charge in [-0.05, 0) is 64.0 Å². The predicted molar refractivity (Wildman–Crippen MR) is 87.9 cm³/mol. The van der Waals surface area contributed by atoms with Crippen LogP contribution in [0, 0.1) is 5.92 Å². The summed E-state index contributed by atoms with van der Waals surface area (Å²) >= 11 is 0. The Hall–Kier alpha value is -1.72. The molecule has 0 atom stereocenters. The molecule has 2 aromatic rings. The van der Waals surface area contributed by atoms with Crippen molar-refractivity contribution in [3.63, 3.8) is 0 Å². The normalized spacial score (nSPS) is 17.0. The van der Waals surface area contributed by atoms with Crippen molar-refractivity contribution in [1.82, 2.24) is 25.2 Å². The van der Waals surface area contributed by atoms with Crippen molar-refractivity contribution in [2.45, 2.75) is 25.8 Å². The minimum Gasteiger partial charge on any atom is -0.320 e. The lowest BCUT2D eigenvalue weighted by molar-refractivity contribution is 0.170. The lowest BCUT2D eigenvalue weighted by Crippen LogP contribution is -2.34. The van der Waals surface area contributed by atoms with Gasteiger partial charge in [0.15, 0.2) is 0 Å². The average molecular weight is 299 g/mol. The molecule has 0 saturated carbocycles. The van der Waals surface area contributed by atoms with Crippen molar-refractivity contribution in [1.29, 1.82) is 0 Å². The SMILES string of the molecule is CNCCC1CCN(Cc2cnn(-c3ccccc3)n2)CC1. The minimum absolute atomic E-state index is 0.878. The van der Waals surface area contributed by atoms with E-state index in [0.717, 1.165) is 30.4 Å². The second kappa shape index (κ2) is 7.51. The number of nitrogens with one attached hydrogen (secondary N) is 1. The Kier molecular flexibility index (Phi) is 5.19. The summed E-state index contributed by atoms with van der Waals surface area (Å²) in [4.78, 5) is 4.21. The lowest BCUT2D eigenvalue weighted by Gasteiger charge is -2.31. The van der Waals surface area contributed by atoms with E-state index in [1.807, 2.05) is 43.6 Å². The number of para-hydroxylation sites is 1. The Morgan fingerprint density at radius 1 is 1.18 bits per heavy atom. The molecule has 1 aromatic heterocycles. The van der Waals surface area contributed by atoms with Gasteiger partial charge in [0.2, 0.25) is 0 Å². The van der Waals surface area contributed by atoms with Gasteiger partial charge in [-0.3, -0.25) is 4.90 Å². The van der Waals surface area contributed by atoms with Crippen LogP contribution in [0.4, 0.5) is 0 Å². The number of likely N-dealkylation sites (tertiary alicyclic amines) is 1. The number of aromatic nitrogens is 3. The molecule has 1 aliphatic heterocycles. The number of nitrogens with zero attached hydrogens (tertiary/aromatic N) is 4. The molecule has 1 N–H and O–H groups in total.